The summed E-state index contributed by atoms with van der Waals surface area (Å²) in [5, 5.41) is 4.43. The Morgan fingerprint density at radius 2 is 1.94 bits per heavy atom. The van der Waals surface area contributed by atoms with Crippen molar-refractivity contribution in [3.63, 3.8) is 0 Å². The van der Waals surface area contributed by atoms with Crippen molar-refractivity contribution in [2.45, 2.75) is 19.9 Å². The van der Waals surface area contributed by atoms with Crippen LogP contribution in [0.4, 0.5) is 4.79 Å². The van der Waals surface area contributed by atoms with Crippen LogP contribution in [0.1, 0.15) is 13.8 Å². The molecule has 7 nitrogen and oxygen atoms in total. The number of ether oxygens (including phenoxy) is 1. The van der Waals surface area contributed by atoms with Gasteiger partial charge in [0.2, 0.25) is 5.91 Å². The van der Waals surface area contributed by atoms with E-state index < -0.39 is 23.9 Å². The molecule has 2 N–H and O–H groups in total. The highest BCUT2D eigenvalue weighted by molar-refractivity contribution is 5.96. The summed E-state index contributed by atoms with van der Waals surface area (Å²) in [5.41, 5.74) is 0. The lowest BCUT2D eigenvalue weighted by atomic mass is 10.2. The largest absolute Gasteiger partial charge is 0.468 e. The van der Waals surface area contributed by atoms with Crippen molar-refractivity contribution in [2.24, 2.45) is 0 Å². The molecule has 17 heavy (non-hydrogen) atoms. The smallest absolute Gasteiger partial charge is 0.321 e. The van der Waals surface area contributed by atoms with E-state index in [4.69, 9.17) is 0 Å². The summed E-state index contributed by atoms with van der Waals surface area (Å²) >= 11 is 0. The van der Waals surface area contributed by atoms with E-state index in [2.05, 4.69) is 15.4 Å². The molecule has 0 aliphatic carbocycles. The fraction of sp³-hybridized carbons (Fsp3) is 0.700. The Morgan fingerprint density at radius 1 is 1.35 bits per heavy atom. The molecule has 3 amide bonds. The summed E-state index contributed by atoms with van der Waals surface area (Å²) < 4.78 is 4.52. The summed E-state index contributed by atoms with van der Waals surface area (Å²) in [6.45, 7) is 3.93. The van der Waals surface area contributed by atoms with Gasteiger partial charge in [0.1, 0.15) is 0 Å². The fourth-order valence-corrected chi connectivity index (χ4v) is 1.20. The second-order valence-electron chi connectivity index (χ2n) is 3.38. The number of rotatable bonds is 5. The Hall–Kier alpha value is -1.63. The number of nitrogens with zero attached hydrogens (tertiary/aromatic N) is 1. The SMILES string of the molecule is CCN(CC(=O)OC)C(C)C(=O)NC(=O)NC. The summed E-state index contributed by atoms with van der Waals surface area (Å²) in [4.78, 5) is 35.3. The van der Waals surface area contributed by atoms with Crippen LogP contribution in [0.15, 0.2) is 0 Å². The molecule has 0 aromatic heterocycles. The highest BCUT2D eigenvalue weighted by Gasteiger charge is 2.23. The highest BCUT2D eigenvalue weighted by Crippen LogP contribution is 1.99. The second kappa shape index (κ2) is 7.61. The van der Waals surface area contributed by atoms with Crippen molar-refractivity contribution in [3.05, 3.63) is 0 Å². The predicted octanol–water partition coefficient (Wildman–Crippen LogP) is -0.675. The van der Waals surface area contributed by atoms with Gasteiger partial charge in [0.15, 0.2) is 0 Å². The molecule has 0 saturated heterocycles. The summed E-state index contributed by atoms with van der Waals surface area (Å²) in [6.07, 6.45) is 0. The van der Waals surface area contributed by atoms with Gasteiger partial charge in [-0.3, -0.25) is 19.8 Å². The van der Waals surface area contributed by atoms with Crippen molar-refractivity contribution in [2.75, 3.05) is 27.2 Å². The average Bonchev–Trinajstić information content (AvgIpc) is 2.34. The first-order chi connectivity index (χ1) is 7.96. The Labute approximate surface area is 100 Å². The van der Waals surface area contributed by atoms with Gasteiger partial charge in [-0.2, -0.15) is 0 Å². The zero-order valence-corrected chi connectivity index (χ0v) is 10.6. The van der Waals surface area contributed by atoms with Crippen LogP contribution in [-0.4, -0.2) is 56.1 Å². The number of imide groups is 1. The summed E-state index contributed by atoms with van der Waals surface area (Å²) in [5.74, 6) is -0.887. The number of urea groups is 1. The van der Waals surface area contributed by atoms with Crippen LogP contribution in [0, 0.1) is 0 Å². The number of hydrogen-bond acceptors (Lipinski definition) is 5. The molecule has 1 atom stereocenters. The number of likely N-dealkylation sites (N-methyl/N-ethyl adjacent to an activating group) is 1. The first kappa shape index (κ1) is 15.4. The molecule has 0 radical (unpaired) electrons. The van der Waals surface area contributed by atoms with E-state index in [1.807, 2.05) is 6.92 Å². The number of amides is 3. The van der Waals surface area contributed by atoms with Crippen molar-refractivity contribution < 1.29 is 19.1 Å². The monoisotopic (exact) mass is 245 g/mol. The fourth-order valence-electron chi connectivity index (χ4n) is 1.20. The molecule has 0 aliphatic heterocycles. The molecule has 0 spiro atoms. The Balaban J connectivity index is 4.41. The minimum absolute atomic E-state index is 0.00926. The molecule has 0 aromatic carbocycles. The van der Waals surface area contributed by atoms with E-state index in [-0.39, 0.29) is 6.54 Å². The molecule has 0 aliphatic rings. The van der Waals surface area contributed by atoms with Gasteiger partial charge in [-0.1, -0.05) is 6.92 Å². The van der Waals surface area contributed by atoms with Crippen LogP contribution < -0.4 is 10.6 Å². The third-order valence-electron chi connectivity index (χ3n) is 2.36. The number of nitrogens with one attached hydrogen (secondary N) is 2. The van der Waals surface area contributed by atoms with Crippen molar-refractivity contribution >= 4 is 17.9 Å². The van der Waals surface area contributed by atoms with Crippen LogP contribution in [-0.2, 0) is 14.3 Å². The maximum Gasteiger partial charge on any atom is 0.321 e. The van der Waals surface area contributed by atoms with Crippen molar-refractivity contribution in [1.29, 1.82) is 0 Å². The molecule has 0 rings (SSSR count). The predicted molar refractivity (Wildman–Crippen MR) is 61.3 cm³/mol. The molecule has 0 saturated carbocycles. The standard InChI is InChI=1S/C10H19N3O4/c1-5-13(6-8(14)17-4)7(2)9(15)12-10(16)11-3/h7H,5-6H2,1-4H3,(H2,11,12,15,16). The zero-order valence-electron chi connectivity index (χ0n) is 10.6. The lowest BCUT2D eigenvalue weighted by Gasteiger charge is -2.25. The number of hydrogen-bond donors (Lipinski definition) is 2. The van der Waals surface area contributed by atoms with Gasteiger partial charge in [-0.25, -0.2) is 4.79 Å². The molecule has 7 heteroatoms. The molecule has 98 valence electrons. The number of carbonyl (C=O) groups is 3. The number of methoxy groups -OCH3 is 1. The first-order valence-corrected chi connectivity index (χ1v) is 5.29. The zero-order chi connectivity index (χ0) is 13.4. The van der Waals surface area contributed by atoms with E-state index in [0.29, 0.717) is 6.54 Å². The summed E-state index contributed by atoms with van der Waals surface area (Å²) in [6, 6.07) is -1.16. The molecular formula is C10H19N3O4. The molecule has 0 bridgehead atoms. The van der Waals surface area contributed by atoms with Gasteiger partial charge in [0, 0.05) is 7.05 Å². The molecule has 0 heterocycles. The Morgan fingerprint density at radius 3 is 2.35 bits per heavy atom. The van der Waals surface area contributed by atoms with Gasteiger partial charge < -0.3 is 10.1 Å². The average molecular weight is 245 g/mol. The third-order valence-corrected chi connectivity index (χ3v) is 2.36. The van der Waals surface area contributed by atoms with Gasteiger partial charge in [-0.15, -0.1) is 0 Å². The van der Waals surface area contributed by atoms with Crippen LogP contribution in [0.25, 0.3) is 0 Å². The minimum atomic E-state index is -0.587. The van der Waals surface area contributed by atoms with Crippen molar-refractivity contribution in [1.82, 2.24) is 15.5 Å². The van der Waals surface area contributed by atoms with Crippen LogP contribution >= 0.6 is 0 Å². The molecular weight excluding hydrogens is 226 g/mol. The lowest BCUT2D eigenvalue weighted by molar-refractivity contribution is -0.143. The van der Waals surface area contributed by atoms with Gasteiger partial charge in [-0.05, 0) is 13.5 Å². The lowest BCUT2D eigenvalue weighted by Crippen LogP contribution is -2.50. The van der Waals surface area contributed by atoms with Crippen LogP contribution in [0.2, 0.25) is 0 Å². The van der Waals surface area contributed by atoms with Crippen LogP contribution in [0.5, 0.6) is 0 Å². The Kier molecular flexibility index (Phi) is 6.88. The van der Waals surface area contributed by atoms with Crippen LogP contribution in [0.3, 0.4) is 0 Å². The molecule has 1 unspecified atom stereocenters. The maximum atomic E-state index is 11.6. The maximum absolute atomic E-state index is 11.6. The van der Waals surface area contributed by atoms with Crippen molar-refractivity contribution in [3.8, 4) is 0 Å². The number of carbonyl (C=O) groups excluding carboxylic acids is 3. The van der Waals surface area contributed by atoms with Gasteiger partial charge in [0.25, 0.3) is 0 Å². The Bertz CT molecular complexity index is 293. The second-order valence-corrected chi connectivity index (χ2v) is 3.38. The topological polar surface area (TPSA) is 87.7 Å². The van der Waals surface area contributed by atoms with E-state index >= 15 is 0 Å². The van der Waals surface area contributed by atoms with E-state index in [1.165, 1.54) is 14.2 Å². The third kappa shape index (κ3) is 5.30. The van der Waals surface area contributed by atoms with E-state index in [0.717, 1.165) is 0 Å². The molecule has 0 fully saturated rings. The van der Waals surface area contributed by atoms with E-state index in [9.17, 15) is 14.4 Å². The number of esters is 1. The quantitative estimate of drug-likeness (QED) is 0.627. The van der Waals surface area contributed by atoms with Gasteiger partial charge in [0.05, 0.1) is 19.7 Å². The first-order valence-electron chi connectivity index (χ1n) is 5.29. The normalized spacial score (nSPS) is 11.8. The molecule has 0 aromatic rings. The highest BCUT2D eigenvalue weighted by atomic mass is 16.5. The summed E-state index contributed by atoms with van der Waals surface area (Å²) in [7, 11) is 2.70. The minimum Gasteiger partial charge on any atom is -0.468 e. The van der Waals surface area contributed by atoms with E-state index in [1.54, 1.807) is 11.8 Å². The van der Waals surface area contributed by atoms with Gasteiger partial charge >= 0.3 is 12.0 Å².